The fourth-order valence-corrected chi connectivity index (χ4v) is 1.85. The van der Waals surface area contributed by atoms with Crippen molar-refractivity contribution in [3.8, 4) is 0 Å². The Hall–Kier alpha value is -1.12. The van der Waals surface area contributed by atoms with Crippen LogP contribution in [-0.2, 0) is 6.42 Å². The van der Waals surface area contributed by atoms with Gasteiger partial charge >= 0.3 is 0 Å². The quantitative estimate of drug-likeness (QED) is 0.763. The Morgan fingerprint density at radius 3 is 2.38 bits per heavy atom. The van der Waals surface area contributed by atoms with Crippen LogP contribution >= 0.6 is 23.2 Å². The molecule has 0 radical (unpaired) electrons. The molecule has 1 heterocycles. The van der Waals surface area contributed by atoms with E-state index in [9.17, 15) is 0 Å². The third-order valence-electron chi connectivity index (χ3n) is 2.40. The van der Waals surface area contributed by atoms with Crippen LogP contribution in [0.15, 0.2) is 30.6 Å². The SMILES string of the molecule is Cc1ncnc(Cl)c1Cc1ccc(Cl)cc1. The molecule has 82 valence electrons. The molecule has 0 spiro atoms. The van der Waals surface area contributed by atoms with Crippen LogP contribution in [0.25, 0.3) is 0 Å². The molecular formula is C12H10Cl2N2. The van der Waals surface area contributed by atoms with Gasteiger partial charge in [0.2, 0.25) is 0 Å². The Morgan fingerprint density at radius 2 is 1.75 bits per heavy atom. The van der Waals surface area contributed by atoms with E-state index in [-0.39, 0.29) is 0 Å². The molecule has 0 fully saturated rings. The average Bonchev–Trinajstić information content (AvgIpc) is 2.26. The second-order valence-corrected chi connectivity index (χ2v) is 4.33. The van der Waals surface area contributed by atoms with Crippen LogP contribution in [0.5, 0.6) is 0 Å². The Bertz CT molecular complexity index is 475. The standard InChI is InChI=1S/C12H10Cl2N2/c1-8-11(12(14)16-7-15-8)6-9-2-4-10(13)5-3-9/h2-5,7H,6H2,1H3. The van der Waals surface area contributed by atoms with Gasteiger partial charge in [0.1, 0.15) is 11.5 Å². The maximum Gasteiger partial charge on any atom is 0.136 e. The molecule has 0 aliphatic carbocycles. The van der Waals surface area contributed by atoms with Crippen LogP contribution in [0.2, 0.25) is 10.2 Å². The van der Waals surface area contributed by atoms with Gasteiger partial charge in [-0.05, 0) is 24.6 Å². The lowest BCUT2D eigenvalue weighted by atomic mass is 10.1. The summed E-state index contributed by atoms with van der Waals surface area (Å²) in [6, 6.07) is 7.68. The van der Waals surface area contributed by atoms with E-state index in [1.54, 1.807) is 0 Å². The zero-order valence-electron chi connectivity index (χ0n) is 8.74. The van der Waals surface area contributed by atoms with Crippen molar-refractivity contribution in [3.05, 3.63) is 57.6 Å². The van der Waals surface area contributed by atoms with Crippen molar-refractivity contribution in [1.82, 2.24) is 9.97 Å². The monoisotopic (exact) mass is 252 g/mol. The van der Waals surface area contributed by atoms with Crippen molar-refractivity contribution in [2.75, 3.05) is 0 Å². The fraction of sp³-hybridized carbons (Fsp3) is 0.167. The highest BCUT2D eigenvalue weighted by Gasteiger charge is 2.07. The minimum atomic E-state index is 0.516. The molecule has 1 aromatic heterocycles. The lowest BCUT2D eigenvalue weighted by molar-refractivity contribution is 1.02. The van der Waals surface area contributed by atoms with E-state index in [0.717, 1.165) is 28.3 Å². The molecule has 0 amide bonds. The third-order valence-corrected chi connectivity index (χ3v) is 2.98. The van der Waals surface area contributed by atoms with Crippen molar-refractivity contribution in [3.63, 3.8) is 0 Å². The first-order chi connectivity index (χ1) is 7.66. The van der Waals surface area contributed by atoms with Crippen molar-refractivity contribution >= 4 is 23.2 Å². The molecular weight excluding hydrogens is 243 g/mol. The van der Waals surface area contributed by atoms with Gasteiger partial charge in [-0.2, -0.15) is 0 Å². The number of aryl methyl sites for hydroxylation is 1. The van der Waals surface area contributed by atoms with Crippen molar-refractivity contribution in [1.29, 1.82) is 0 Å². The highest BCUT2D eigenvalue weighted by Crippen LogP contribution is 2.20. The topological polar surface area (TPSA) is 25.8 Å². The van der Waals surface area contributed by atoms with Gasteiger partial charge in [-0.25, -0.2) is 9.97 Å². The summed E-state index contributed by atoms with van der Waals surface area (Å²) < 4.78 is 0. The smallest absolute Gasteiger partial charge is 0.136 e. The zero-order valence-corrected chi connectivity index (χ0v) is 10.3. The fourth-order valence-electron chi connectivity index (χ4n) is 1.48. The molecule has 2 rings (SSSR count). The molecule has 0 aliphatic rings. The van der Waals surface area contributed by atoms with Crippen molar-refractivity contribution in [2.45, 2.75) is 13.3 Å². The summed E-state index contributed by atoms with van der Waals surface area (Å²) in [5.74, 6) is 0. The first kappa shape index (κ1) is 11.4. The van der Waals surface area contributed by atoms with Gasteiger partial charge in [-0.3, -0.25) is 0 Å². The van der Waals surface area contributed by atoms with E-state index in [0.29, 0.717) is 5.15 Å². The predicted molar refractivity (Wildman–Crippen MR) is 66.0 cm³/mol. The number of hydrogen-bond acceptors (Lipinski definition) is 2. The largest absolute Gasteiger partial charge is 0.241 e. The summed E-state index contributed by atoms with van der Waals surface area (Å²) in [4.78, 5) is 8.11. The molecule has 1 aromatic carbocycles. The van der Waals surface area contributed by atoms with Crippen molar-refractivity contribution < 1.29 is 0 Å². The van der Waals surface area contributed by atoms with Crippen LogP contribution < -0.4 is 0 Å². The Labute approximate surface area is 104 Å². The second-order valence-electron chi connectivity index (χ2n) is 3.53. The van der Waals surface area contributed by atoms with Gasteiger partial charge < -0.3 is 0 Å². The lowest BCUT2D eigenvalue weighted by Crippen LogP contribution is -1.97. The minimum absolute atomic E-state index is 0.516. The van der Waals surface area contributed by atoms with Gasteiger partial charge in [-0.1, -0.05) is 35.3 Å². The minimum Gasteiger partial charge on any atom is -0.241 e. The van der Waals surface area contributed by atoms with Gasteiger partial charge in [0.05, 0.1) is 0 Å². The molecule has 2 nitrogen and oxygen atoms in total. The molecule has 0 saturated heterocycles. The van der Waals surface area contributed by atoms with Gasteiger partial charge in [0.15, 0.2) is 0 Å². The van der Waals surface area contributed by atoms with Crippen LogP contribution in [0.3, 0.4) is 0 Å². The summed E-state index contributed by atoms with van der Waals surface area (Å²) in [6.45, 7) is 1.93. The van der Waals surface area contributed by atoms with E-state index < -0.39 is 0 Å². The van der Waals surface area contributed by atoms with E-state index >= 15 is 0 Å². The predicted octanol–water partition coefficient (Wildman–Crippen LogP) is 3.68. The molecule has 4 heteroatoms. The molecule has 0 bridgehead atoms. The highest BCUT2D eigenvalue weighted by molar-refractivity contribution is 6.30. The molecule has 2 aromatic rings. The summed E-state index contributed by atoms with van der Waals surface area (Å²) >= 11 is 11.9. The average molecular weight is 253 g/mol. The number of aromatic nitrogens is 2. The summed E-state index contributed by atoms with van der Waals surface area (Å²) in [5, 5.41) is 1.25. The van der Waals surface area contributed by atoms with Crippen LogP contribution in [0.4, 0.5) is 0 Å². The van der Waals surface area contributed by atoms with E-state index in [1.807, 2.05) is 31.2 Å². The molecule has 0 aliphatic heterocycles. The highest BCUT2D eigenvalue weighted by atomic mass is 35.5. The summed E-state index contributed by atoms with van der Waals surface area (Å²) in [5.41, 5.74) is 3.02. The third kappa shape index (κ3) is 2.52. The number of rotatable bonds is 2. The Kier molecular flexibility index (Phi) is 3.42. The molecule has 0 saturated carbocycles. The van der Waals surface area contributed by atoms with Crippen LogP contribution in [-0.4, -0.2) is 9.97 Å². The first-order valence-corrected chi connectivity index (χ1v) is 5.63. The number of nitrogens with zero attached hydrogens (tertiary/aromatic N) is 2. The maximum absolute atomic E-state index is 6.03. The first-order valence-electron chi connectivity index (χ1n) is 4.87. The Balaban J connectivity index is 2.30. The van der Waals surface area contributed by atoms with E-state index in [1.165, 1.54) is 6.33 Å². The molecule has 16 heavy (non-hydrogen) atoms. The summed E-state index contributed by atoms with van der Waals surface area (Å²) in [6.07, 6.45) is 2.20. The van der Waals surface area contributed by atoms with Gasteiger partial charge in [0, 0.05) is 22.7 Å². The zero-order chi connectivity index (χ0) is 11.5. The van der Waals surface area contributed by atoms with E-state index in [2.05, 4.69) is 9.97 Å². The van der Waals surface area contributed by atoms with Crippen molar-refractivity contribution in [2.24, 2.45) is 0 Å². The lowest BCUT2D eigenvalue weighted by Gasteiger charge is -2.06. The van der Waals surface area contributed by atoms with Crippen LogP contribution in [0, 0.1) is 6.92 Å². The number of halogens is 2. The van der Waals surface area contributed by atoms with E-state index in [4.69, 9.17) is 23.2 Å². The number of benzene rings is 1. The van der Waals surface area contributed by atoms with Gasteiger partial charge in [-0.15, -0.1) is 0 Å². The van der Waals surface area contributed by atoms with Crippen LogP contribution in [0.1, 0.15) is 16.8 Å². The molecule has 0 N–H and O–H groups in total. The Morgan fingerprint density at radius 1 is 1.06 bits per heavy atom. The number of hydrogen-bond donors (Lipinski definition) is 0. The maximum atomic E-state index is 6.03. The second kappa shape index (κ2) is 4.81. The summed E-state index contributed by atoms with van der Waals surface area (Å²) in [7, 11) is 0. The normalized spacial score (nSPS) is 10.4. The van der Waals surface area contributed by atoms with Gasteiger partial charge in [0.25, 0.3) is 0 Å². The molecule has 0 unspecified atom stereocenters. The molecule has 0 atom stereocenters.